The lowest BCUT2D eigenvalue weighted by Gasteiger charge is -2.11. The quantitative estimate of drug-likeness (QED) is 0.463. The molecule has 1 aromatic heterocycles. The third-order valence-corrected chi connectivity index (χ3v) is 3.51. The van der Waals surface area contributed by atoms with Crippen LogP contribution in [0.5, 0.6) is 0 Å². The van der Waals surface area contributed by atoms with Gasteiger partial charge in [0.25, 0.3) is 5.91 Å². The van der Waals surface area contributed by atoms with Crippen molar-refractivity contribution in [3.05, 3.63) is 39.8 Å². The van der Waals surface area contributed by atoms with Crippen molar-refractivity contribution in [1.82, 2.24) is 19.8 Å². The predicted octanol–water partition coefficient (Wildman–Crippen LogP) is 1.40. The molecule has 0 fully saturated rings. The summed E-state index contributed by atoms with van der Waals surface area (Å²) in [6, 6.07) is 6.40. The normalized spacial score (nSPS) is 11.5. The number of alkyl halides is 2. The molecule has 2 rings (SSSR count). The summed E-state index contributed by atoms with van der Waals surface area (Å²) in [4.78, 5) is 23.7. The Bertz CT molecular complexity index is 780. The maximum absolute atomic E-state index is 13.2. The van der Waals surface area contributed by atoms with Crippen LogP contribution in [0.25, 0.3) is 11.4 Å². The van der Waals surface area contributed by atoms with E-state index in [1.165, 1.54) is 0 Å². The second-order valence-corrected chi connectivity index (χ2v) is 5.75. The second-order valence-electron chi connectivity index (χ2n) is 5.31. The van der Waals surface area contributed by atoms with Crippen LogP contribution in [0.2, 0.25) is 5.02 Å². The van der Waals surface area contributed by atoms with Crippen LogP contribution in [0.15, 0.2) is 29.1 Å². The van der Waals surface area contributed by atoms with Gasteiger partial charge >= 0.3 is 5.69 Å². The largest absolute Gasteiger partial charge is 0.346 e. The van der Waals surface area contributed by atoms with Gasteiger partial charge in [0, 0.05) is 23.6 Å². The van der Waals surface area contributed by atoms with Crippen molar-refractivity contribution in [2.45, 2.75) is 32.4 Å². The number of rotatable bonds is 6. The van der Waals surface area contributed by atoms with Crippen LogP contribution in [-0.2, 0) is 17.9 Å². The number of halogens is 3. The Balaban J connectivity index is 2.46. The van der Waals surface area contributed by atoms with E-state index < -0.39 is 30.5 Å². The van der Waals surface area contributed by atoms with Crippen LogP contribution >= 0.6 is 11.6 Å². The molecule has 0 bridgehead atoms. The van der Waals surface area contributed by atoms with Gasteiger partial charge in [-0.3, -0.25) is 14.8 Å². The molecule has 130 valence electrons. The van der Waals surface area contributed by atoms with Crippen LogP contribution in [0.4, 0.5) is 8.78 Å². The summed E-state index contributed by atoms with van der Waals surface area (Å²) in [6.07, 6.45) is -0.539. The van der Waals surface area contributed by atoms with Gasteiger partial charge < -0.3 is 0 Å². The van der Waals surface area contributed by atoms with Crippen LogP contribution in [0.3, 0.4) is 0 Å². The average molecular weight is 360 g/mol. The minimum Gasteiger partial charge on any atom is -0.293 e. The summed E-state index contributed by atoms with van der Waals surface area (Å²) >= 11 is 5.82. The molecule has 0 aliphatic heterocycles. The summed E-state index contributed by atoms with van der Waals surface area (Å²) in [7, 11) is 0. The lowest BCUT2D eigenvalue weighted by molar-refractivity contribution is -0.122. The van der Waals surface area contributed by atoms with E-state index in [-0.39, 0.29) is 12.4 Å². The Morgan fingerprint density at radius 3 is 2.54 bits per heavy atom. The Morgan fingerprint density at radius 2 is 2.00 bits per heavy atom. The van der Waals surface area contributed by atoms with Crippen molar-refractivity contribution in [3.8, 4) is 11.4 Å². The average Bonchev–Trinajstić information content (AvgIpc) is 2.81. The van der Waals surface area contributed by atoms with Crippen LogP contribution in [-0.4, -0.2) is 26.2 Å². The van der Waals surface area contributed by atoms with Crippen molar-refractivity contribution < 1.29 is 13.6 Å². The summed E-state index contributed by atoms with van der Waals surface area (Å²) in [5, 5.41) is 4.54. The van der Waals surface area contributed by atoms with E-state index in [9.17, 15) is 18.4 Å². The Kier molecular flexibility index (Phi) is 5.35. The van der Waals surface area contributed by atoms with Gasteiger partial charge in [-0.15, -0.1) is 5.10 Å². The van der Waals surface area contributed by atoms with Gasteiger partial charge in [0.1, 0.15) is 6.54 Å². The molecule has 1 amide bonds. The number of aromatic nitrogens is 3. The molecular weight excluding hydrogens is 344 g/mol. The molecule has 3 N–H and O–H groups in total. The van der Waals surface area contributed by atoms with E-state index in [0.29, 0.717) is 10.6 Å². The van der Waals surface area contributed by atoms with E-state index in [4.69, 9.17) is 17.4 Å². The first-order valence-corrected chi connectivity index (χ1v) is 7.40. The topological polar surface area (TPSA) is 94.9 Å². The van der Waals surface area contributed by atoms with E-state index in [1.807, 2.05) is 5.43 Å². The van der Waals surface area contributed by atoms with Gasteiger partial charge in [-0.1, -0.05) is 11.6 Å². The molecule has 0 atom stereocenters. The van der Waals surface area contributed by atoms with E-state index >= 15 is 0 Å². The number of nitrogens with one attached hydrogen (secondary N) is 1. The minimum atomic E-state index is -2.94. The minimum absolute atomic E-state index is 0.172. The fourth-order valence-electron chi connectivity index (χ4n) is 2.05. The zero-order chi connectivity index (χ0) is 17.9. The van der Waals surface area contributed by atoms with Crippen LogP contribution < -0.4 is 17.0 Å². The number of nitrogens with two attached hydrogens (primary N) is 1. The number of nitrogens with zero attached hydrogens (tertiary/aromatic N) is 3. The molecule has 0 radical (unpaired) electrons. The number of carbonyl (C=O) groups excluding carboxylic acids is 1. The zero-order valence-corrected chi connectivity index (χ0v) is 13.6. The molecule has 0 unspecified atom stereocenters. The lowest BCUT2D eigenvalue weighted by atomic mass is 10.2. The summed E-state index contributed by atoms with van der Waals surface area (Å²) in [5.41, 5.74) is 1.73. The van der Waals surface area contributed by atoms with Crippen molar-refractivity contribution in [2.75, 3.05) is 0 Å². The third-order valence-electron chi connectivity index (χ3n) is 3.25. The van der Waals surface area contributed by atoms with Crippen molar-refractivity contribution in [1.29, 1.82) is 0 Å². The van der Waals surface area contributed by atoms with E-state index in [0.717, 1.165) is 16.2 Å². The predicted molar refractivity (Wildman–Crippen MR) is 84.5 cm³/mol. The molecule has 0 saturated heterocycles. The summed E-state index contributed by atoms with van der Waals surface area (Å²) in [5.74, 6) is 1.60. The first-order chi connectivity index (χ1) is 11.2. The highest BCUT2D eigenvalue weighted by Crippen LogP contribution is 2.22. The fourth-order valence-corrected chi connectivity index (χ4v) is 2.17. The molecule has 2 aromatic rings. The van der Waals surface area contributed by atoms with E-state index in [1.54, 1.807) is 24.3 Å². The highest BCUT2D eigenvalue weighted by molar-refractivity contribution is 6.30. The Labute approximate surface area is 141 Å². The number of amides is 1. The van der Waals surface area contributed by atoms with Gasteiger partial charge in [0.2, 0.25) is 5.92 Å². The number of hydrogen-bond donors (Lipinski definition) is 2. The zero-order valence-electron chi connectivity index (χ0n) is 12.8. The molecule has 10 heteroatoms. The highest BCUT2D eigenvalue weighted by Gasteiger charge is 2.24. The number of hydrazine groups is 1. The molecule has 7 nitrogen and oxygen atoms in total. The maximum atomic E-state index is 13.2. The van der Waals surface area contributed by atoms with Gasteiger partial charge in [-0.2, -0.15) is 0 Å². The molecule has 0 aliphatic rings. The lowest BCUT2D eigenvalue weighted by Crippen LogP contribution is -2.37. The summed E-state index contributed by atoms with van der Waals surface area (Å²) < 4.78 is 28.3. The van der Waals surface area contributed by atoms with Gasteiger partial charge in [-0.05, 0) is 31.2 Å². The van der Waals surface area contributed by atoms with Gasteiger partial charge in [0.05, 0.1) is 0 Å². The Morgan fingerprint density at radius 1 is 1.38 bits per heavy atom. The van der Waals surface area contributed by atoms with Crippen LogP contribution in [0, 0.1) is 0 Å². The van der Waals surface area contributed by atoms with Crippen molar-refractivity contribution >= 4 is 17.5 Å². The molecule has 1 aromatic carbocycles. The number of carbonyl (C=O) groups is 1. The monoisotopic (exact) mass is 359 g/mol. The number of benzene rings is 1. The van der Waals surface area contributed by atoms with E-state index in [2.05, 4.69) is 5.10 Å². The molecular formula is C14H16ClF2N5O2. The Hall–Kier alpha value is -2.26. The first kappa shape index (κ1) is 18.1. The molecule has 24 heavy (non-hydrogen) atoms. The van der Waals surface area contributed by atoms with Gasteiger partial charge in [-0.25, -0.2) is 24.1 Å². The molecule has 0 aliphatic carbocycles. The fraction of sp³-hybridized carbons (Fsp3) is 0.357. The van der Waals surface area contributed by atoms with Gasteiger partial charge in [0.15, 0.2) is 5.82 Å². The smallest absolute Gasteiger partial charge is 0.293 e. The molecule has 0 saturated carbocycles. The third kappa shape index (κ3) is 4.39. The second kappa shape index (κ2) is 7.10. The standard InChI is InChI=1S/C14H16ClF2N5O2/c1-14(16,17)6-7-21-12(9-2-4-10(15)5-3-9)20-22(13(21)24)8-11(23)19-18/h2-5H,6-8,18H2,1H3,(H,19,23). The summed E-state index contributed by atoms with van der Waals surface area (Å²) in [6.45, 7) is 0.113. The molecule has 0 spiro atoms. The van der Waals surface area contributed by atoms with Crippen molar-refractivity contribution in [3.63, 3.8) is 0 Å². The van der Waals surface area contributed by atoms with Crippen LogP contribution in [0.1, 0.15) is 13.3 Å². The molecule has 1 heterocycles. The SMILES string of the molecule is CC(F)(F)CCn1c(-c2ccc(Cl)cc2)nn(CC(=O)NN)c1=O. The number of hydrogen-bond acceptors (Lipinski definition) is 4. The highest BCUT2D eigenvalue weighted by atomic mass is 35.5. The van der Waals surface area contributed by atoms with Crippen molar-refractivity contribution in [2.24, 2.45) is 5.84 Å². The maximum Gasteiger partial charge on any atom is 0.346 e. The first-order valence-electron chi connectivity index (χ1n) is 7.02.